The molecule has 88 valence electrons. The molecule has 0 fully saturated rings. The highest BCUT2D eigenvalue weighted by Crippen LogP contribution is 2.12. The van der Waals surface area contributed by atoms with Gasteiger partial charge in [-0.05, 0) is 42.2 Å². The average molecular weight is 249 g/mol. The van der Waals surface area contributed by atoms with Gasteiger partial charge in [-0.2, -0.15) is 0 Å². The monoisotopic (exact) mass is 248 g/mol. The minimum absolute atomic E-state index is 0.428. The molecule has 1 aromatic carbocycles. The molecule has 17 heavy (non-hydrogen) atoms. The van der Waals surface area contributed by atoms with Gasteiger partial charge in [0.1, 0.15) is 5.69 Å². The Labute approximate surface area is 105 Å². The Bertz CT molecular complexity index is 516. The van der Waals surface area contributed by atoms with E-state index in [-0.39, 0.29) is 0 Å². The molecule has 0 aliphatic rings. The first kappa shape index (κ1) is 11.7. The van der Waals surface area contributed by atoms with Crippen LogP contribution in [0.15, 0.2) is 36.5 Å². The summed E-state index contributed by atoms with van der Waals surface area (Å²) in [4.78, 5) is 13.8. The van der Waals surface area contributed by atoms with Gasteiger partial charge in [-0.1, -0.05) is 23.7 Å². The maximum atomic E-state index is 10.9. The van der Waals surface area contributed by atoms with Crippen LogP contribution >= 0.6 is 11.6 Å². The highest BCUT2D eigenvalue weighted by atomic mass is 35.5. The lowest BCUT2D eigenvalue weighted by molar-refractivity contribution is 0.0996. The normalized spacial score (nSPS) is 10.4. The molecule has 0 saturated carbocycles. The summed E-state index contributed by atoms with van der Waals surface area (Å²) in [5.74, 6) is -0.428. The highest BCUT2D eigenvalue weighted by Gasteiger charge is 2.04. The first-order valence-corrected chi connectivity index (χ1v) is 5.74. The number of hydrogen-bond acceptors (Lipinski definition) is 1. The number of carbonyl (C=O) groups excluding carboxylic acids is 1. The van der Waals surface area contributed by atoms with Crippen molar-refractivity contribution < 1.29 is 4.79 Å². The van der Waals surface area contributed by atoms with Crippen LogP contribution in [0.4, 0.5) is 0 Å². The van der Waals surface area contributed by atoms with Gasteiger partial charge in [0.05, 0.1) is 0 Å². The molecule has 0 aliphatic carbocycles. The zero-order valence-electron chi connectivity index (χ0n) is 9.24. The molecule has 0 atom stereocenters. The van der Waals surface area contributed by atoms with Crippen molar-refractivity contribution in [1.29, 1.82) is 0 Å². The van der Waals surface area contributed by atoms with Crippen molar-refractivity contribution >= 4 is 17.5 Å². The van der Waals surface area contributed by atoms with Gasteiger partial charge in [0.25, 0.3) is 5.91 Å². The molecule has 0 bridgehead atoms. The summed E-state index contributed by atoms with van der Waals surface area (Å²) < 4.78 is 0. The minimum atomic E-state index is -0.428. The van der Waals surface area contributed by atoms with E-state index in [1.807, 2.05) is 30.5 Å². The van der Waals surface area contributed by atoms with Crippen LogP contribution in [0.25, 0.3) is 0 Å². The third-order valence-corrected chi connectivity index (χ3v) is 2.88. The van der Waals surface area contributed by atoms with Gasteiger partial charge in [-0.15, -0.1) is 0 Å². The molecule has 3 N–H and O–H groups in total. The number of rotatable bonds is 4. The maximum absolute atomic E-state index is 10.9. The number of aromatic nitrogens is 1. The number of aromatic amines is 1. The Kier molecular flexibility index (Phi) is 3.49. The molecule has 3 nitrogen and oxygen atoms in total. The van der Waals surface area contributed by atoms with Crippen molar-refractivity contribution in [3.05, 3.63) is 58.4 Å². The average Bonchev–Trinajstić information content (AvgIpc) is 2.77. The summed E-state index contributed by atoms with van der Waals surface area (Å²) in [6.07, 6.45) is 3.59. The fraction of sp³-hybridized carbons (Fsp3) is 0.154. The molecule has 0 spiro atoms. The van der Waals surface area contributed by atoms with Crippen LogP contribution in [-0.2, 0) is 12.8 Å². The Morgan fingerprint density at radius 2 is 1.82 bits per heavy atom. The Morgan fingerprint density at radius 1 is 1.18 bits per heavy atom. The molecular formula is C13H13ClN2O. The van der Waals surface area contributed by atoms with Gasteiger partial charge in [-0.3, -0.25) is 4.79 Å². The molecule has 0 aliphatic heterocycles. The topological polar surface area (TPSA) is 58.9 Å². The fourth-order valence-electron chi connectivity index (χ4n) is 1.67. The molecule has 1 aromatic heterocycles. The number of halogens is 1. The van der Waals surface area contributed by atoms with Crippen molar-refractivity contribution in [2.24, 2.45) is 5.73 Å². The Balaban J connectivity index is 1.97. The van der Waals surface area contributed by atoms with Crippen LogP contribution < -0.4 is 5.73 Å². The van der Waals surface area contributed by atoms with Gasteiger partial charge in [0, 0.05) is 11.2 Å². The smallest absolute Gasteiger partial charge is 0.265 e. The second-order valence-corrected chi connectivity index (χ2v) is 4.35. The minimum Gasteiger partial charge on any atom is -0.364 e. The summed E-state index contributed by atoms with van der Waals surface area (Å²) in [5, 5.41) is 0.742. The van der Waals surface area contributed by atoms with Gasteiger partial charge >= 0.3 is 0 Å². The third kappa shape index (κ3) is 3.11. The van der Waals surface area contributed by atoms with Crippen LogP contribution in [0.2, 0.25) is 5.02 Å². The predicted molar refractivity (Wildman–Crippen MR) is 68.2 cm³/mol. The van der Waals surface area contributed by atoms with E-state index in [9.17, 15) is 4.79 Å². The second kappa shape index (κ2) is 5.06. The number of carbonyl (C=O) groups is 1. The molecule has 0 radical (unpaired) electrons. The van der Waals surface area contributed by atoms with Crippen molar-refractivity contribution in [2.45, 2.75) is 12.8 Å². The largest absolute Gasteiger partial charge is 0.364 e. The standard InChI is InChI=1S/C13H13ClN2O/c14-11-5-3-9(4-6-11)1-2-10-7-12(13(15)17)16-8-10/h3-8,16H,1-2H2,(H2,15,17). The first-order valence-electron chi connectivity index (χ1n) is 5.36. The molecule has 4 heteroatoms. The summed E-state index contributed by atoms with van der Waals surface area (Å²) in [6.45, 7) is 0. The summed E-state index contributed by atoms with van der Waals surface area (Å²) >= 11 is 5.81. The number of nitrogens with one attached hydrogen (secondary N) is 1. The zero-order chi connectivity index (χ0) is 12.3. The van der Waals surface area contributed by atoms with E-state index >= 15 is 0 Å². The lowest BCUT2D eigenvalue weighted by Crippen LogP contribution is -2.10. The van der Waals surface area contributed by atoms with Gasteiger partial charge in [0.2, 0.25) is 0 Å². The van der Waals surface area contributed by atoms with Gasteiger partial charge in [-0.25, -0.2) is 0 Å². The molecule has 0 unspecified atom stereocenters. The van der Waals surface area contributed by atoms with E-state index in [0.29, 0.717) is 5.69 Å². The van der Waals surface area contributed by atoms with E-state index in [1.165, 1.54) is 5.56 Å². The van der Waals surface area contributed by atoms with Gasteiger partial charge in [0.15, 0.2) is 0 Å². The van der Waals surface area contributed by atoms with Gasteiger partial charge < -0.3 is 10.7 Å². The summed E-state index contributed by atoms with van der Waals surface area (Å²) in [5.41, 5.74) is 7.92. The number of primary amides is 1. The lowest BCUT2D eigenvalue weighted by atomic mass is 10.1. The maximum Gasteiger partial charge on any atom is 0.265 e. The number of amides is 1. The number of benzene rings is 1. The van der Waals surface area contributed by atoms with E-state index in [2.05, 4.69) is 4.98 Å². The second-order valence-electron chi connectivity index (χ2n) is 3.91. The SMILES string of the molecule is NC(=O)c1cc(CCc2ccc(Cl)cc2)c[nH]1. The van der Waals surface area contributed by atoms with E-state index in [4.69, 9.17) is 17.3 Å². The van der Waals surface area contributed by atoms with E-state index < -0.39 is 5.91 Å². The van der Waals surface area contributed by atoms with Crippen molar-refractivity contribution in [2.75, 3.05) is 0 Å². The first-order chi connectivity index (χ1) is 8.15. The number of hydrogen-bond donors (Lipinski definition) is 2. The fourth-order valence-corrected chi connectivity index (χ4v) is 1.79. The van der Waals surface area contributed by atoms with Crippen molar-refractivity contribution in [3.63, 3.8) is 0 Å². The summed E-state index contributed by atoms with van der Waals surface area (Å²) in [7, 11) is 0. The van der Waals surface area contributed by atoms with Crippen molar-refractivity contribution in [3.8, 4) is 0 Å². The van der Waals surface area contributed by atoms with Crippen LogP contribution in [-0.4, -0.2) is 10.9 Å². The Morgan fingerprint density at radius 3 is 2.41 bits per heavy atom. The summed E-state index contributed by atoms with van der Waals surface area (Å²) in [6, 6.07) is 9.55. The molecule has 1 amide bonds. The molecule has 0 saturated heterocycles. The lowest BCUT2D eigenvalue weighted by Gasteiger charge is -1.99. The van der Waals surface area contributed by atoms with Crippen molar-refractivity contribution in [1.82, 2.24) is 4.98 Å². The van der Waals surface area contributed by atoms with E-state index in [0.717, 1.165) is 23.4 Å². The van der Waals surface area contributed by atoms with Crippen LogP contribution in [0.1, 0.15) is 21.6 Å². The number of H-pyrrole nitrogens is 1. The predicted octanol–water partition coefficient (Wildman–Crippen LogP) is 2.55. The van der Waals surface area contributed by atoms with Crippen LogP contribution in [0.5, 0.6) is 0 Å². The molecule has 2 rings (SSSR count). The highest BCUT2D eigenvalue weighted by molar-refractivity contribution is 6.30. The Hall–Kier alpha value is -1.74. The molecular weight excluding hydrogens is 236 g/mol. The zero-order valence-corrected chi connectivity index (χ0v) is 10.00. The quantitative estimate of drug-likeness (QED) is 0.858. The van der Waals surface area contributed by atoms with Crippen LogP contribution in [0, 0.1) is 0 Å². The van der Waals surface area contributed by atoms with E-state index in [1.54, 1.807) is 6.07 Å². The molecule has 2 aromatic rings. The van der Waals surface area contributed by atoms with Crippen LogP contribution in [0.3, 0.4) is 0 Å². The number of nitrogens with two attached hydrogens (primary N) is 1. The number of aryl methyl sites for hydroxylation is 2. The third-order valence-electron chi connectivity index (χ3n) is 2.62. The molecule has 1 heterocycles.